The first-order valence-corrected chi connectivity index (χ1v) is 6.20. The molecular formula is C13H19N3O2. The van der Waals surface area contributed by atoms with E-state index in [4.69, 9.17) is 0 Å². The van der Waals surface area contributed by atoms with Crippen molar-refractivity contribution in [3.8, 4) is 0 Å². The monoisotopic (exact) mass is 249 g/mol. The summed E-state index contributed by atoms with van der Waals surface area (Å²) in [6.07, 6.45) is 1.07. The van der Waals surface area contributed by atoms with Gasteiger partial charge in [-0.3, -0.25) is 10.1 Å². The Morgan fingerprint density at radius 1 is 1.50 bits per heavy atom. The zero-order chi connectivity index (χ0) is 13.3. The van der Waals surface area contributed by atoms with E-state index in [0.29, 0.717) is 17.6 Å². The molecule has 1 heterocycles. The Balaban J connectivity index is 2.15. The van der Waals surface area contributed by atoms with Gasteiger partial charge in [0.1, 0.15) is 0 Å². The lowest BCUT2D eigenvalue weighted by atomic mass is 10.1. The van der Waals surface area contributed by atoms with Gasteiger partial charge in [-0.2, -0.15) is 0 Å². The summed E-state index contributed by atoms with van der Waals surface area (Å²) in [4.78, 5) is 12.9. The SMILES string of the molecule is Cc1c(NC2CC(C)N(C)C2)cccc1[N+](=O)[O-]. The predicted octanol–water partition coefficient (Wildman–Crippen LogP) is 2.41. The number of benzene rings is 1. The van der Waals surface area contributed by atoms with Gasteiger partial charge in [-0.1, -0.05) is 6.07 Å². The number of anilines is 1. The number of likely N-dealkylation sites (tertiary alicyclic amines) is 1. The predicted molar refractivity (Wildman–Crippen MR) is 72.0 cm³/mol. The van der Waals surface area contributed by atoms with Crippen molar-refractivity contribution < 1.29 is 4.92 Å². The third-order valence-electron chi connectivity index (χ3n) is 3.75. The molecule has 1 N–H and O–H groups in total. The first kappa shape index (κ1) is 12.8. The van der Waals surface area contributed by atoms with E-state index >= 15 is 0 Å². The highest BCUT2D eigenvalue weighted by molar-refractivity contribution is 5.60. The number of nitrogens with one attached hydrogen (secondary N) is 1. The maximum Gasteiger partial charge on any atom is 0.274 e. The minimum absolute atomic E-state index is 0.180. The number of hydrogen-bond donors (Lipinski definition) is 1. The van der Waals surface area contributed by atoms with E-state index in [1.54, 1.807) is 19.1 Å². The highest BCUT2D eigenvalue weighted by atomic mass is 16.6. The normalized spacial score (nSPS) is 24.2. The van der Waals surface area contributed by atoms with Crippen LogP contribution < -0.4 is 5.32 Å². The van der Waals surface area contributed by atoms with Crippen LogP contribution in [0.15, 0.2) is 18.2 Å². The molecule has 0 saturated carbocycles. The molecule has 1 fully saturated rings. The van der Waals surface area contributed by atoms with Gasteiger partial charge >= 0.3 is 0 Å². The fraction of sp³-hybridized carbons (Fsp3) is 0.538. The first-order chi connectivity index (χ1) is 8.49. The third kappa shape index (κ3) is 2.46. The van der Waals surface area contributed by atoms with Gasteiger partial charge in [-0.25, -0.2) is 0 Å². The van der Waals surface area contributed by atoms with Gasteiger partial charge in [0.25, 0.3) is 5.69 Å². The largest absolute Gasteiger partial charge is 0.381 e. The van der Waals surface area contributed by atoms with Gasteiger partial charge in [0, 0.05) is 35.9 Å². The molecule has 1 aliphatic heterocycles. The lowest BCUT2D eigenvalue weighted by molar-refractivity contribution is -0.385. The van der Waals surface area contributed by atoms with Crippen LogP contribution in [-0.4, -0.2) is 35.5 Å². The molecule has 1 aromatic rings. The summed E-state index contributed by atoms with van der Waals surface area (Å²) in [5.41, 5.74) is 1.76. The Labute approximate surface area is 107 Å². The van der Waals surface area contributed by atoms with E-state index in [0.717, 1.165) is 18.7 Å². The average molecular weight is 249 g/mol. The minimum atomic E-state index is -0.329. The van der Waals surface area contributed by atoms with Crippen LogP contribution in [0.3, 0.4) is 0 Å². The molecule has 18 heavy (non-hydrogen) atoms. The molecule has 0 aromatic heterocycles. The summed E-state index contributed by atoms with van der Waals surface area (Å²) in [5.74, 6) is 0. The molecule has 98 valence electrons. The maximum absolute atomic E-state index is 10.9. The van der Waals surface area contributed by atoms with Crippen molar-refractivity contribution in [1.82, 2.24) is 4.90 Å². The van der Waals surface area contributed by atoms with E-state index in [2.05, 4.69) is 24.2 Å². The number of nitrogens with zero attached hydrogens (tertiary/aromatic N) is 2. The molecule has 0 spiro atoms. The quantitative estimate of drug-likeness (QED) is 0.660. The van der Waals surface area contributed by atoms with Crippen molar-refractivity contribution in [1.29, 1.82) is 0 Å². The summed E-state index contributed by atoms with van der Waals surface area (Å²) in [7, 11) is 2.10. The molecule has 1 aromatic carbocycles. The molecular weight excluding hydrogens is 230 g/mol. The number of likely N-dealkylation sites (N-methyl/N-ethyl adjacent to an activating group) is 1. The van der Waals surface area contributed by atoms with Crippen molar-refractivity contribution in [2.45, 2.75) is 32.4 Å². The molecule has 5 nitrogen and oxygen atoms in total. The Kier molecular flexibility index (Phi) is 3.52. The van der Waals surface area contributed by atoms with Gasteiger partial charge in [0.2, 0.25) is 0 Å². The number of nitro groups is 1. The van der Waals surface area contributed by atoms with Crippen LogP contribution in [0.5, 0.6) is 0 Å². The zero-order valence-electron chi connectivity index (χ0n) is 11.0. The Hall–Kier alpha value is -1.62. The van der Waals surface area contributed by atoms with Crippen molar-refractivity contribution in [3.05, 3.63) is 33.9 Å². The highest BCUT2D eigenvalue weighted by Crippen LogP contribution is 2.27. The van der Waals surface area contributed by atoms with Gasteiger partial charge in [0.15, 0.2) is 0 Å². The molecule has 0 amide bonds. The molecule has 5 heteroatoms. The summed E-state index contributed by atoms with van der Waals surface area (Å²) in [6.45, 7) is 4.97. The second-order valence-electron chi connectivity index (χ2n) is 5.07. The highest BCUT2D eigenvalue weighted by Gasteiger charge is 2.26. The lowest BCUT2D eigenvalue weighted by Crippen LogP contribution is -2.25. The molecule has 2 unspecified atom stereocenters. The molecule has 0 radical (unpaired) electrons. The zero-order valence-corrected chi connectivity index (χ0v) is 11.0. The first-order valence-electron chi connectivity index (χ1n) is 6.20. The van der Waals surface area contributed by atoms with E-state index in [-0.39, 0.29) is 10.6 Å². The van der Waals surface area contributed by atoms with Crippen molar-refractivity contribution in [2.24, 2.45) is 0 Å². The van der Waals surface area contributed by atoms with Gasteiger partial charge in [-0.15, -0.1) is 0 Å². The molecule has 2 atom stereocenters. The standard InChI is InChI=1S/C13H19N3O2/c1-9-7-11(8-15(9)3)14-12-5-4-6-13(10(12)2)16(17)18/h4-6,9,11,14H,7-8H2,1-3H3. The molecule has 2 rings (SSSR count). The second kappa shape index (κ2) is 4.94. The summed E-state index contributed by atoms with van der Waals surface area (Å²) in [6, 6.07) is 6.11. The average Bonchev–Trinajstić information content (AvgIpc) is 2.60. The number of hydrogen-bond acceptors (Lipinski definition) is 4. The van der Waals surface area contributed by atoms with E-state index in [1.165, 1.54) is 0 Å². The Morgan fingerprint density at radius 2 is 2.22 bits per heavy atom. The lowest BCUT2D eigenvalue weighted by Gasteiger charge is -2.16. The fourth-order valence-electron chi connectivity index (χ4n) is 2.50. The third-order valence-corrected chi connectivity index (χ3v) is 3.75. The van der Waals surface area contributed by atoms with Crippen LogP contribution in [-0.2, 0) is 0 Å². The van der Waals surface area contributed by atoms with E-state index in [1.807, 2.05) is 6.07 Å². The number of nitro benzene ring substituents is 1. The van der Waals surface area contributed by atoms with Gasteiger partial charge < -0.3 is 10.2 Å². The summed E-state index contributed by atoms with van der Waals surface area (Å²) < 4.78 is 0. The van der Waals surface area contributed by atoms with Crippen molar-refractivity contribution in [2.75, 3.05) is 18.9 Å². The molecule has 1 saturated heterocycles. The van der Waals surface area contributed by atoms with Gasteiger partial charge in [-0.05, 0) is 33.4 Å². The second-order valence-corrected chi connectivity index (χ2v) is 5.07. The van der Waals surface area contributed by atoms with E-state index < -0.39 is 0 Å². The van der Waals surface area contributed by atoms with E-state index in [9.17, 15) is 10.1 Å². The van der Waals surface area contributed by atoms with Gasteiger partial charge in [0.05, 0.1) is 4.92 Å². The fourth-order valence-corrected chi connectivity index (χ4v) is 2.50. The smallest absolute Gasteiger partial charge is 0.274 e. The van der Waals surface area contributed by atoms with Crippen molar-refractivity contribution in [3.63, 3.8) is 0 Å². The summed E-state index contributed by atoms with van der Waals surface area (Å²) in [5, 5.41) is 14.3. The maximum atomic E-state index is 10.9. The topological polar surface area (TPSA) is 58.4 Å². The Morgan fingerprint density at radius 3 is 2.78 bits per heavy atom. The number of rotatable bonds is 3. The Bertz CT molecular complexity index is 452. The summed E-state index contributed by atoms with van der Waals surface area (Å²) >= 11 is 0. The molecule has 0 aliphatic carbocycles. The van der Waals surface area contributed by atoms with Crippen LogP contribution in [0.25, 0.3) is 0 Å². The van der Waals surface area contributed by atoms with Crippen LogP contribution in [0.2, 0.25) is 0 Å². The van der Waals surface area contributed by atoms with Crippen LogP contribution in [0, 0.1) is 17.0 Å². The van der Waals surface area contributed by atoms with Crippen LogP contribution >= 0.6 is 0 Å². The molecule has 1 aliphatic rings. The molecule has 0 bridgehead atoms. The van der Waals surface area contributed by atoms with Crippen LogP contribution in [0.1, 0.15) is 18.9 Å². The van der Waals surface area contributed by atoms with Crippen molar-refractivity contribution >= 4 is 11.4 Å². The van der Waals surface area contributed by atoms with Crippen LogP contribution in [0.4, 0.5) is 11.4 Å². The minimum Gasteiger partial charge on any atom is -0.381 e.